The predicted molar refractivity (Wildman–Crippen MR) is 70.0 cm³/mol. The Morgan fingerprint density at radius 3 is 2.65 bits per heavy atom. The molecule has 0 aromatic rings. The molecule has 0 bridgehead atoms. The van der Waals surface area contributed by atoms with E-state index in [-0.39, 0.29) is 6.61 Å². The highest BCUT2D eigenvalue weighted by atomic mass is 16.5. The molecule has 0 aromatic heterocycles. The fraction of sp³-hybridized carbons (Fsp3) is 1.00. The van der Waals surface area contributed by atoms with Crippen LogP contribution in [0.1, 0.15) is 38.5 Å². The van der Waals surface area contributed by atoms with Crippen LogP contribution < -0.4 is 5.73 Å². The lowest BCUT2D eigenvalue weighted by molar-refractivity contribution is 0.0234. The van der Waals surface area contributed by atoms with Gasteiger partial charge in [-0.15, -0.1) is 0 Å². The first-order chi connectivity index (χ1) is 8.33. The van der Waals surface area contributed by atoms with Crippen LogP contribution in [0.2, 0.25) is 0 Å². The number of aliphatic hydroxyl groups excluding tert-OH is 1. The zero-order valence-electron chi connectivity index (χ0n) is 11.1. The van der Waals surface area contributed by atoms with E-state index < -0.39 is 0 Å². The molecule has 0 heterocycles. The molecule has 1 aliphatic rings. The van der Waals surface area contributed by atoms with Gasteiger partial charge in [0.1, 0.15) is 0 Å². The van der Waals surface area contributed by atoms with Gasteiger partial charge < -0.3 is 15.6 Å². The van der Waals surface area contributed by atoms with Crippen LogP contribution in [0.3, 0.4) is 0 Å². The molecule has 0 spiro atoms. The SMILES string of the molecule is COCC(CCCN)N(CCCO)C1CCC1. The first-order valence-electron chi connectivity index (χ1n) is 6.89. The van der Waals surface area contributed by atoms with Gasteiger partial charge >= 0.3 is 0 Å². The molecule has 1 atom stereocenters. The van der Waals surface area contributed by atoms with E-state index in [0.29, 0.717) is 12.1 Å². The van der Waals surface area contributed by atoms with Gasteiger partial charge in [-0.1, -0.05) is 6.42 Å². The van der Waals surface area contributed by atoms with Crippen LogP contribution in [0.15, 0.2) is 0 Å². The van der Waals surface area contributed by atoms with Gasteiger partial charge in [0.05, 0.1) is 6.61 Å². The Kier molecular flexibility index (Phi) is 7.77. The number of hydrogen-bond donors (Lipinski definition) is 2. The number of nitrogens with two attached hydrogens (primary N) is 1. The maximum Gasteiger partial charge on any atom is 0.0618 e. The molecule has 1 saturated carbocycles. The van der Waals surface area contributed by atoms with Gasteiger partial charge in [-0.25, -0.2) is 0 Å². The fourth-order valence-corrected chi connectivity index (χ4v) is 2.53. The molecular weight excluding hydrogens is 216 g/mol. The van der Waals surface area contributed by atoms with Gasteiger partial charge in [0.25, 0.3) is 0 Å². The average molecular weight is 244 g/mol. The van der Waals surface area contributed by atoms with Crippen molar-refractivity contribution in [1.82, 2.24) is 4.90 Å². The van der Waals surface area contributed by atoms with Crippen molar-refractivity contribution >= 4 is 0 Å². The molecule has 102 valence electrons. The first kappa shape index (κ1) is 14.9. The minimum atomic E-state index is 0.278. The molecule has 1 unspecified atom stereocenters. The average Bonchev–Trinajstić information content (AvgIpc) is 2.27. The van der Waals surface area contributed by atoms with Crippen molar-refractivity contribution in [3.8, 4) is 0 Å². The summed E-state index contributed by atoms with van der Waals surface area (Å²) in [6.07, 6.45) is 6.96. The van der Waals surface area contributed by atoms with Gasteiger partial charge in [-0.05, 0) is 38.6 Å². The molecule has 3 N–H and O–H groups in total. The molecule has 1 aliphatic carbocycles. The summed E-state index contributed by atoms with van der Waals surface area (Å²) in [7, 11) is 1.76. The van der Waals surface area contributed by atoms with E-state index in [9.17, 15) is 0 Å². The minimum Gasteiger partial charge on any atom is -0.396 e. The summed E-state index contributed by atoms with van der Waals surface area (Å²) in [5.74, 6) is 0. The van der Waals surface area contributed by atoms with Crippen molar-refractivity contribution in [2.75, 3.05) is 33.4 Å². The third-order valence-corrected chi connectivity index (χ3v) is 3.69. The topological polar surface area (TPSA) is 58.7 Å². The molecule has 0 aromatic carbocycles. The lowest BCUT2D eigenvalue weighted by Crippen LogP contribution is -2.49. The maximum atomic E-state index is 9.00. The smallest absolute Gasteiger partial charge is 0.0618 e. The van der Waals surface area contributed by atoms with E-state index in [2.05, 4.69) is 4.90 Å². The Bertz CT molecular complexity index is 186. The van der Waals surface area contributed by atoms with Crippen LogP contribution in [0.4, 0.5) is 0 Å². The van der Waals surface area contributed by atoms with Crippen LogP contribution in [-0.2, 0) is 4.74 Å². The van der Waals surface area contributed by atoms with Gasteiger partial charge in [0.2, 0.25) is 0 Å². The third kappa shape index (κ3) is 4.92. The fourth-order valence-electron chi connectivity index (χ4n) is 2.53. The second-order valence-electron chi connectivity index (χ2n) is 4.94. The summed E-state index contributed by atoms with van der Waals surface area (Å²) in [6.45, 7) is 2.79. The third-order valence-electron chi connectivity index (χ3n) is 3.69. The quantitative estimate of drug-likeness (QED) is 0.601. The van der Waals surface area contributed by atoms with Crippen molar-refractivity contribution in [1.29, 1.82) is 0 Å². The maximum absolute atomic E-state index is 9.00. The van der Waals surface area contributed by atoms with Gasteiger partial charge in [-0.2, -0.15) is 0 Å². The van der Waals surface area contributed by atoms with Crippen LogP contribution in [-0.4, -0.2) is 55.5 Å². The summed E-state index contributed by atoms with van der Waals surface area (Å²) in [6, 6.07) is 1.18. The van der Waals surface area contributed by atoms with Crippen LogP contribution >= 0.6 is 0 Å². The van der Waals surface area contributed by atoms with Crippen molar-refractivity contribution in [2.24, 2.45) is 5.73 Å². The number of ether oxygens (including phenoxy) is 1. The summed E-state index contributed by atoms with van der Waals surface area (Å²) >= 11 is 0. The van der Waals surface area contributed by atoms with Crippen molar-refractivity contribution < 1.29 is 9.84 Å². The Labute approximate surface area is 105 Å². The van der Waals surface area contributed by atoms with Gasteiger partial charge in [0.15, 0.2) is 0 Å². The van der Waals surface area contributed by atoms with E-state index >= 15 is 0 Å². The molecule has 0 saturated heterocycles. The molecule has 4 nitrogen and oxygen atoms in total. The number of hydrogen-bond acceptors (Lipinski definition) is 4. The summed E-state index contributed by atoms with van der Waals surface area (Å²) < 4.78 is 5.34. The zero-order chi connectivity index (χ0) is 12.5. The number of aliphatic hydroxyl groups is 1. The number of rotatable bonds is 10. The monoisotopic (exact) mass is 244 g/mol. The van der Waals surface area contributed by atoms with E-state index in [1.165, 1.54) is 19.3 Å². The number of methoxy groups -OCH3 is 1. The molecule has 0 radical (unpaired) electrons. The molecule has 1 rings (SSSR count). The highest BCUT2D eigenvalue weighted by Crippen LogP contribution is 2.27. The second kappa shape index (κ2) is 8.86. The largest absolute Gasteiger partial charge is 0.396 e. The van der Waals surface area contributed by atoms with Crippen LogP contribution in [0.5, 0.6) is 0 Å². The Morgan fingerprint density at radius 2 is 2.18 bits per heavy atom. The highest BCUT2D eigenvalue weighted by molar-refractivity contribution is 4.85. The Balaban J connectivity index is 2.47. The predicted octanol–water partition coefficient (Wildman–Crippen LogP) is 0.977. The molecule has 0 amide bonds. The van der Waals surface area contributed by atoms with Gasteiger partial charge in [-0.3, -0.25) is 4.90 Å². The summed E-state index contributed by atoms with van der Waals surface area (Å²) in [5.41, 5.74) is 5.60. The van der Waals surface area contributed by atoms with Crippen LogP contribution in [0, 0.1) is 0 Å². The lowest BCUT2D eigenvalue weighted by Gasteiger charge is -2.42. The Hall–Kier alpha value is -0.160. The summed E-state index contributed by atoms with van der Waals surface area (Å²) in [4.78, 5) is 2.54. The van der Waals surface area contributed by atoms with E-state index in [1.807, 2.05) is 0 Å². The normalized spacial score (nSPS) is 18.4. The molecule has 4 heteroatoms. The molecule has 17 heavy (non-hydrogen) atoms. The van der Waals surface area contributed by atoms with Gasteiger partial charge in [0, 0.05) is 32.3 Å². The summed E-state index contributed by atoms with van der Waals surface area (Å²) in [5, 5.41) is 9.00. The Morgan fingerprint density at radius 1 is 1.41 bits per heavy atom. The highest BCUT2D eigenvalue weighted by Gasteiger charge is 2.29. The lowest BCUT2D eigenvalue weighted by atomic mass is 9.89. The minimum absolute atomic E-state index is 0.278. The second-order valence-corrected chi connectivity index (χ2v) is 4.94. The zero-order valence-corrected chi connectivity index (χ0v) is 11.1. The van der Waals surface area contributed by atoms with E-state index in [4.69, 9.17) is 15.6 Å². The van der Waals surface area contributed by atoms with Crippen LogP contribution in [0.25, 0.3) is 0 Å². The van der Waals surface area contributed by atoms with Crippen molar-refractivity contribution in [3.63, 3.8) is 0 Å². The van der Waals surface area contributed by atoms with E-state index in [0.717, 1.165) is 39.0 Å². The first-order valence-corrected chi connectivity index (χ1v) is 6.89. The standard InChI is InChI=1S/C13H28N2O2/c1-17-11-13(7-3-8-14)15(9-4-10-16)12-5-2-6-12/h12-13,16H,2-11,14H2,1H3. The molecule has 0 aliphatic heterocycles. The molecule has 1 fully saturated rings. The molecular formula is C13H28N2O2. The van der Waals surface area contributed by atoms with Crippen molar-refractivity contribution in [2.45, 2.75) is 50.6 Å². The van der Waals surface area contributed by atoms with Crippen molar-refractivity contribution in [3.05, 3.63) is 0 Å². The number of nitrogens with zero attached hydrogens (tertiary/aromatic N) is 1. The van der Waals surface area contributed by atoms with E-state index in [1.54, 1.807) is 7.11 Å².